The molecule has 0 saturated carbocycles. The monoisotopic (exact) mass is 294 g/mol. The summed E-state index contributed by atoms with van der Waals surface area (Å²) in [4.78, 5) is 25.3. The molecule has 0 spiro atoms. The molecule has 0 unspecified atom stereocenters. The SMILES string of the molecule is CCC(=O)NC1CCN(C(=O)Cn2cc(CN)nn2)CC1. The maximum atomic E-state index is 12.2. The highest BCUT2D eigenvalue weighted by Gasteiger charge is 2.23. The lowest BCUT2D eigenvalue weighted by Crippen LogP contribution is -2.47. The molecule has 0 bridgehead atoms. The molecule has 1 aromatic heterocycles. The van der Waals surface area contributed by atoms with Gasteiger partial charge in [-0.3, -0.25) is 9.59 Å². The highest BCUT2D eigenvalue weighted by atomic mass is 16.2. The molecule has 1 aliphatic heterocycles. The molecule has 0 aromatic carbocycles. The highest BCUT2D eigenvalue weighted by molar-refractivity contribution is 5.77. The van der Waals surface area contributed by atoms with Gasteiger partial charge in [-0.2, -0.15) is 0 Å². The van der Waals surface area contributed by atoms with E-state index in [1.807, 2.05) is 6.92 Å². The first-order chi connectivity index (χ1) is 10.1. The number of aromatic nitrogens is 3. The molecule has 0 atom stereocenters. The van der Waals surface area contributed by atoms with Crippen molar-refractivity contribution in [3.8, 4) is 0 Å². The number of carbonyl (C=O) groups excluding carboxylic acids is 2. The van der Waals surface area contributed by atoms with Crippen LogP contribution in [0.1, 0.15) is 31.9 Å². The van der Waals surface area contributed by atoms with Crippen LogP contribution in [0, 0.1) is 0 Å². The third-order valence-corrected chi connectivity index (χ3v) is 3.63. The van der Waals surface area contributed by atoms with Crippen molar-refractivity contribution in [2.75, 3.05) is 13.1 Å². The van der Waals surface area contributed by atoms with Gasteiger partial charge in [0.2, 0.25) is 11.8 Å². The standard InChI is InChI=1S/C13H22N6O2/c1-2-12(20)15-10-3-5-18(6-4-10)13(21)9-19-8-11(7-14)16-17-19/h8,10H,2-7,9,14H2,1H3,(H,15,20). The summed E-state index contributed by atoms with van der Waals surface area (Å²) in [6.45, 7) is 3.65. The zero-order chi connectivity index (χ0) is 15.2. The number of rotatable bonds is 5. The fourth-order valence-electron chi connectivity index (χ4n) is 2.35. The lowest BCUT2D eigenvalue weighted by Gasteiger charge is -2.32. The molecule has 116 valence electrons. The van der Waals surface area contributed by atoms with Crippen LogP contribution in [-0.2, 0) is 22.7 Å². The van der Waals surface area contributed by atoms with Crippen LogP contribution in [0.5, 0.6) is 0 Å². The molecule has 1 aliphatic rings. The maximum absolute atomic E-state index is 12.2. The fraction of sp³-hybridized carbons (Fsp3) is 0.692. The van der Waals surface area contributed by atoms with Gasteiger partial charge in [0.05, 0.1) is 11.9 Å². The van der Waals surface area contributed by atoms with Crippen LogP contribution in [0.2, 0.25) is 0 Å². The minimum Gasteiger partial charge on any atom is -0.353 e. The molecule has 0 radical (unpaired) electrons. The first-order valence-corrected chi connectivity index (χ1v) is 7.28. The predicted molar refractivity (Wildman–Crippen MR) is 75.9 cm³/mol. The second-order valence-corrected chi connectivity index (χ2v) is 5.19. The van der Waals surface area contributed by atoms with Gasteiger partial charge in [0, 0.05) is 32.1 Å². The van der Waals surface area contributed by atoms with E-state index in [0.717, 1.165) is 12.8 Å². The number of nitrogens with two attached hydrogens (primary N) is 1. The fourth-order valence-corrected chi connectivity index (χ4v) is 2.35. The van der Waals surface area contributed by atoms with Crippen LogP contribution in [0.4, 0.5) is 0 Å². The van der Waals surface area contributed by atoms with E-state index in [1.165, 1.54) is 4.68 Å². The van der Waals surface area contributed by atoms with Crippen LogP contribution < -0.4 is 11.1 Å². The Morgan fingerprint density at radius 3 is 2.71 bits per heavy atom. The molecule has 2 amide bonds. The van der Waals surface area contributed by atoms with Crippen molar-refractivity contribution < 1.29 is 9.59 Å². The Labute approximate surface area is 123 Å². The van der Waals surface area contributed by atoms with Gasteiger partial charge in [-0.05, 0) is 12.8 Å². The Hall–Kier alpha value is -1.96. The summed E-state index contributed by atoms with van der Waals surface area (Å²) in [5.74, 6) is 0.0837. The molecule has 1 fully saturated rings. The van der Waals surface area contributed by atoms with Crippen molar-refractivity contribution in [1.29, 1.82) is 0 Å². The molecule has 2 rings (SSSR count). The second kappa shape index (κ2) is 7.16. The molecule has 8 nitrogen and oxygen atoms in total. The van der Waals surface area contributed by atoms with Crippen LogP contribution in [0.15, 0.2) is 6.20 Å². The molecule has 2 heterocycles. The Balaban J connectivity index is 1.78. The van der Waals surface area contributed by atoms with Crippen molar-refractivity contribution in [2.45, 2.75) is 45.3 Å². The van der Waals surface area contributed by atoms with Crippen LogP contribution in [-0.4, -0.2) is 50.8 Å². The number of nitrogens with zero attached hydrogens (tertiary/aromatic N) is 4. The molecule has 8 heteroatoms. The zero-order valence-corrected chi connectivity index (χ0v) is 12.3. The average molecular weight is 294 g/mol. The van der Waals surface area contributed by atoms with Gasteiger partial charge in [-0.1, -0.05) is 12.1 Å². The van der Waals surface area contributed by atoms with E-state index in [0.29, 0.717) is 31.7 Å². The number of likely N-dealkylation sites (tertiary alicyclic amines) is 1. The van der Waals surface area contributed by atoms with E-state index in [-0.39, 0.29) is 24.4 Å². The Morgan fingerprint density at radius 2 is 2.14 bits per heavy atom. The molecular weight excluding hydrogens is 272 g/mol. The van der Waals surface area contributed by atoms with E-state index in [9.17, 15) is 9.59 Å². The average Bonchev–Trinajstić information content (AvgIpc) is 2.95. The van der Waals surface area contributed by atoms with Gasteiger partial charge in [0.15, 0.2) is 0 Å². The van der Waals surface area contributed by atoms with Gasteiger partial charge in [-0.15, -0.1) is 5.10 Å². The molecule has 1 aromatic rings. The third kappa shape index (κ3) is 4.25. The molecular formula is C13H22N6O2. The number of piperidine rings is 1. The molecule has 21 heavy (non-hydrogen) atoms. The quantitative estimate of drug-likeness (QED) is 0.743. The normalized spacial score (nSPS) is 16.0. The first-order valence-electron chi connectivity index (χ1n) is 7.28. The van der Waals surface area contributed by atoms with Crippen molar-refractivity contribution in [3.63, 3.8) is 0 Å². The molecule has 1 saturated heterocycles. The number of amides is 2. The number of hydrogen-bond donors (Lipinski definition) is 2. The van der Waals surface area contributed by atoms with Gasteiger partial charge in [0.1, 0.15) is 6.54 Å². The molecule has 0 aliphatic carbocycles. The summed E-state index contributed by atoms with van der Waals surface area (Å²) < 4.78 is 1.51. The second-order valence-electron chi connectivity index (χ2n) is 5.19. The lowest BCUT2D eigenvalue weighted by atomic mass is 10.0. The highest BCUT2D eigenvalue weighted by Crippen LogP contribution is 2.11. The summed E-state index contributed by atoms with van der Waals surface area (Å²) in [6, 6.07) is 0.178. The summed E-state index contributed by atoms with van der Waals surface area (Å²) in [5, 5.41) is 10.7. The van der Waals surface area contributed by atoms with Crippen molar-refractivity contribution in [3.05, 3.63) is 11.9 Å². The number of carbonyl (C=O) groups is 2. The topological polar surface area (TPSA) is 106 Å². The largest absolute Gasteiger partial charge is 0.353 e. The number of nitrogens with one attached hydrogen (secondary N) is 1. The predicted octanol–water partition coefficient (Wildman–Crippen LogP) is -0.746. The smallest absolute Gasteiger partial charge is 0.244 e. The van der Waals surface area contributed by atoms with E-state index < -0.39 is 0 Å². The van der Waals surface area contributed by atoms with Gasteiger partial charge < -0.3 is 16.0 Å². The van der Waals surface area contributed by atoms with Gasteiger partial charge in [-0.25, -0.2) is 4.68 Å². The zero-order valence-electron chi connectivity index (χ0n) is 12.3. The minimum atomic E-state index is 0.0174. The molecule has 3 N–H and O–H groups in total. The Kier molecular flexibility index (Phi) is 5.26. The van der Waals surface area contributed by atoms with E-state index in [1.54, 1.807) is 11.1 Å². The first kappa shape index (κ1) is 15.4. The third-order valence-electron chi connectivity index (χ3n) is 3.63. The number of hydrogen-bond acceptors (Lipinski definition) is 5. The Morgan fingerprint density at radius 1 is 1.43 bits per heavy atom. The minimum absolute atomic E-state index is 0.0174. The lowest BCUT2D eigenvalue weighted by molar-refractivity contribution is -0.133. The van der Waals surface area contributed by atoms with E-state index >= 15 is 0 Å². The maximum Gasteiger partial charge on any atom is 0.244 e. The van der Waals surface area contributed by atoms with Crippen molar-refractivity contribution >= 4 is 11.8 Å². The van der Waals surface area contributed by atoms with Gasteiger partial charge >= 0.3 is 0 Å². The summed E-state index contributed by atoms with van der Waals surface area (Å²) in [5.41, 5.74) is 6.13. The summed E-state index contributed by atoms with van der Waals surface area (Å²) in [6.07, 6.45) is 3.77. The van der Waals surface area contributed by atoms with Crippen LogP contribution in [0.3, 0.4) is 0 Å². The van der Waals surface area contributed by atoms with Crippen LogP contribution in [0.25, 0.3) is 0 Å². The van der Waals surface area contributed by atoms with Crippen LogP contribution >= 0.6 is 0 Å². The van der Waals surface area contributed by atoms with Crippen molar-refractivity contribution in [2.24, 2.45) is 5.73 Å². The summed E-state index contributed by atoms with van der Waals surface area (Å²) in [7, 11) is 0. The summed E-state index contributed by atoms with van der Waals surface area (Å²) >= 11 is 0. The van der Waals surface area contributed by atoms with E-state index in [2.05, 4.69) is 15.6 Å². The van der Waals surface area contributed by atoms with Gasteiger partial charge in [0.25, 0.3) is 0 Å². The Bertz CT molecular complexity index is 493. The van der Waals surface area contributed by atoms with E-state index in [4.69, 9.17) is 5.73 Å². The van der Waals surface area contributed by atoms with Crippen molar-refractivity contribution in [1.82, 2.24) is 25.2 Å².